The number of amides is 1. The Morgan fingerprint density at radius 3 is 2.55 bits per heavy atom. The van der Waals surface area contributed by atoms with Crippen LogP contribution in [0.25, 0.3) is 0 Å². The van der Waals surface area contributed by atoms with Gasteiger partial charge in [-0.25, -0.2) is 0 Å². The van der Waals surface area contributed by atoms with Gasteiger partial charge in [-0.2, -0.15) is 5.10 Å². The summed E-state index contributed by atoms with van der Waals surface area (Å²) in [6, 6.07) is 9.92. The molecule has 1 aliphatic heterocycles. The molecule has 2 aromatic rings. The lowest BCUT2D eigenvalue weighted by Gasteiger charge is -2.42. The molecule has 7 nitrogen and oxygen atoms in total. The van der Waals surface area contributed by atoms with E-state index in [1.165, 1.54) is 0 Å². The minimum atomic E-state index is -0.873. The number of aliphatic carboxylic acids is 1. The molecule has 0 spiro atoms. The van der Waals surface area contributed by atoms with Crippen LogP contribution < -0.4 is 0 Å². The largest absolute Gasteiger partial charge is 0.481 e. The molecule has 1 aromatic carbocycles. The molecule has 3 unspecified atom stereocenters. The standard InChI is InChI=1S/C22H27N3O4/c1-14-20(15(2)25(23-14)12-16-6-4-3-5-7-16)19-13-29-11-10-24(19)21(26)17-8-9-18(17)22(27)28/h3-7,17-19H,8-13H2,1-2H3,(H,27,28). The summed E-state index contributed by atoms with van der Waals surface area (Å²) >= 11 is 0. The Morgan fingerprint density at radius 1 is 1.17 bits per heavy atom. The smallest absolute Gasteiger partial charge is 0.307 e. The van der Waals surface area contributed by atoms with Gasteiger partial charge in [-0.1, -0.05) is 30.3 Å². The first kappa shape index (κ1) is 19.6. The van der Waals surface area contributed by atoms with E-state index in [0.717, 1.165) is 22.5 Å². The third-order valence-corrected chi connectivity index (χ3v) is 6.27. The predicted octanol–water partition coefficient (Wildman–Crippen LogP) is 2.56. The number of carboxylic acid groups (broad SMARTS) is 1. The van der Waals surface area contributed by atoms with Crippen LogP contribution in [0.3, 0.4) is 0 Å². The van der Waals surface area contributed by atoms with Gasteiger partial charge in [0.2, 0.25) is 5.91 Å². The number of morpholine rings is 1. The summed E-state index contributed by atoms with van der Waals surface area (Å²) in [6.07, 6.45) is 1.22. The molecule has 0 bridgehead atoms. The highest BCUT2D eigenvalue weighted by molar-refractivity contribution is 5.86. The van der Waals surface area contributed by atoms with E-state index < -0.39 is 17.8 Å². The molecule has 1 saturated heterocycles. The molecular weight excluding hydrogens is 370 g/mol. The lowest BCUT2D eigenvalue weighted by molar-refractivity contribution is -0.161. The first-order chi connectivity index (χ1) is 14.0. The highest BCUT2D eigenvalue weighted by Gasteiger charge is 2.45. The summed E-state index contributed by atoms with van der Waals surface area (Å²) in [5, 5.41) is 14.1. The second-order valence-corrected chi connectivity index (χ2v) is 7.98. The fraction of sp³-hybridized carbons (Fsp3) is 0.500. The predicted molar refractivity (Wildman–Crippen MR) is 106 cm³/mol. The van der Waals surface area contributed by atoms with Crippen molar-refractivity contribution in [2.45, 2.75) is 39.3 Å². The first-order valence-corrected chi connectivity index (χ1v) is 10.2. The molecule has 1 aromatic heterocycles. The third kappa shape index (κ3) is 3.67. The van der Waals surface area contributed by atoms with E-state index in [1.54, 1.807) is 0 Å². The topological polar surface area (TPSA) is 84.7 Å². The van der Waals surface area contributed by atoms with Gasteiger partial charge in [0, 0.05) is 17.8 Å². The zero-order valence-corrected chi connectivity index (χ0v) is 16.9. The zero-order chi connectivity index (χ0) is 20.5. The highest BCUT2D eigenvalue weighted by Crippen LogP contribution is 2.39. The van der Waals surface area contributed by atoms with E-state index in [4.69, 9.17) is 9.84 Å². The van der Waals surface area contributed by atoms with Crippen LogP contribution in [0.2, 0.25) is 0 Å². The number of carbonyl (C=O) groups is 2. The number of nitrogens with zero attached hydrogens (tertiary/aromatic N) is 3. The normalized spacial score (nSPS) is 24.2. The van der Waals surface area contributed by atoms with Crippen LogP contribution in [0.15, 0.2) is 30.3 Å². The first-order valence-electron chi connectivity index (χ1n) is 10.2. The molecule has 1 aliphatic carbocycles. The number of carbonyl (C=O) groups excluding carboxylic acids is 1. The van der Waals surface area contributed by atoms with Crippen molar-refractivity contribution in [1.82, 2.24) is 14.7 Å². The maximum absolute atomic E-state index is 13.2. The highest BCUT2D eigenvalue weighted by atomic mass is 16.5. The van der Waals surface area contributed by atoms with Gasteiger partial charge in [0.1, 0.15) is 0 Å². The SMILES string of the molecule is Cc1nn(Cc2ccccc2)c(C)c1C1COCCN1C(=O)C1CCC1C(=O)O. The van der Waals surface area contributed by atoms with E-state index >= 15 is 0 Å². The van der Waals surface area contributed by atoms with Crippen molar-refractivity contribution in [2.24, 2.45) is 11.8 Å². The van der Waals surface area contributed by atoms with Gasteiger partial charge in [0.05, 0.1) is 43.3 Å². The number of ether oxygens (including phenoxy) is 1. The molecule has 2 heterocycles. The molecule has 154 valence electrons. The van der Waals surface area contributed by atoms with Gasteiger partial charge >= 0.3 is 5.97 Å². The number of hydrogen-bond donors (Lipinski definition) is 1. The minimum absolute atomic E-state index is 0.0634. The Bertz CT molecular complexity index is 908. The molecular formula is C22H27N3O4. The Hall–Kier alpha value is -2.67. The zero-order valence-electron chi connectivity index (χ0n) is 16.9. The lowest BCUT2D eigenvalue weighted by atomic mass is 9.72. The van der Waals surface area contributed by atoms with Crippen LogP contribution in [-0.4, -0.2) is 51.4 Å². The molecule has 1 N–H and O–H groups in total. The van der Waals surface area contributed by atoms with Gasteiger partial charge in [-0.15, -0.1) is 0 Å². The van der Waals surface area contributed by atoms with Crippen molar-refractivity contribution >= 4 is 11.9 Å². The maximum Gasteiger partial charge on any atom is 0.307 e. The number of benzene rings is 1. The van der Waals surface area contributed by atoms with Crippen molar-refractivity contribution in [3.63, 3.8) is 0 Å². The molecule has 3 atom stereocenters. The van der Waals surface area contributed by atoms with Gasteiger partial charge in [0.25, 0.3) is 0 Å². The summed E-state index contributed by atoms with van der Waals surface area (Å²) in [5.41, 5.74) is 4.08. The van der Waals surface area contributed by atoms with Crippen LogP contribution in [-0.2, 0) is 20.9 Å². The Balaban J connectivity index is 1.60. The summed E-state index contributed by atoms with van der Waals surface area (Å²) in [4.78, 5) is 26.4. The van der Waals surface area contributed by atoms with Gasteiger partial charge in [-0.05, 0) is 32.3 Å². The molecule has 0 radical (unpaired) electrons. The molecule has 1 amide bonds. The molecule has 29 heavy (non-hydrogen) atoms. The van der Waals surface area contributed by atoms with Crippen LogP contribution in [0.5, 0.6) is 0 Å². The summed E-state index contributed by atoms with van der Waals surface area (Å²) in [5.74, 6) is -1.92. The second kappa shape index (κ2) is 7.99. The second-order valence-electron chi connectivity index (χ2n) is 7.98. The number of aromatic nitrogens is 2. The van der Waals surface area contributed by atoms with Crippen molar-refractivity contribution in [3.05, 3.63) is 52.8 Å². The van der Waals surface area contributed by atoms with E-state index in [-0.39, 0.29) is 11.9 Å². The van der Waals surface area contributed by atoms with E-state index in [1.807, 2.05) is 41.6 Å². The molecule has 2 aliphatic rings. The van der Waals surface area contributed by atoms with E-state index in [2.05, 4.69) is 12.1 Å². The monoisotopic (exact) mass is 397 g/mol. The molecule has 2 fully saturated rings. The van der Waals surface area contributed by atoms with Crippen molar-refractivity contribution in [1.29, 1.82) is 0 Å². The van der Waals surface area contributed by atoms with Gasteiger partial charge in [0.15, 0.2) is 0 Å². The number of carboxylic acids is 1. The average Bonchev–Trinajstić information content (AvgIpc) is 2.94. The van der Waals surface area contributed by atoms with Crippen molar-refractivity contribution in [2.75, 3.05) is 19.8 Å². The maximum atomic E-state index is 13.2. The van der Waals surface area contributed by atoms with E-state index in [0.29, 0.717) is 39.1 Å². The summed E-state index contributed by atoms with van der Waals surface area (Å²) in [7, 11) is 0. The van der Waals surface area contributed by atoms with Crippen LogP contribution >= 0.6 is 0 Å². The fourth-order valence-corrected chi connectivity index (χ4v) is 4.51. The fourth-order valence-electron chi connectivity index (χ4n) is 4.51. The van der Waals surface area contributed by atoms with Crippen LogP contribution in [0.1, 0.15) is 41.4 Å². The summed E-state index contributed by atoms with van der Waals surface area (Å²) < 4.78 is 7.69. The third-order valence-electron chi connectivity index (χ3n) is 6.27. The van der Waals surface area contributed by atoms with Crippen LogP contribution in [0, 0.1) is 25.7 Å². The Labute approximate surface area is 170 Å². The van der Waals surface area contributed by atoms with Crippen LogP contribution in [0.4, 0.5) is 0 Å². The number of rotatable bonds is 5. The quantitative estimate of drug-likeness (QED) is 0.838. The van der Waals surface area contributed by atoms with Crippen molar-refractivity contribution in [3.8, 4) is 0 Å². The van der Waals surface area contributed by atoms with E-state index in [9.17, 15) is 14.7 Å². The average molecular weight is 397 g/mol. The van der Waals surface area contributed by atoms with Crippen molar-refractivity contribution < 1.29 is 19.4 Å². The summed E-state index contributed by atoms with van der Waals surface area (Å²) in [6.45, 7) is 6.02. The molecule has 1 saturated carbocycles. The Morgan fingerprint density at radius 2 is 1.90 bits per heavy atom. The molecule has 4 rings (SSSR count). The minimum Gasteiger partial charge on any atom is -0.481 e. The number of hydrogen-bond acceptors (Lipinski definition) is 4. The molecule has 7 heteroatoms. The van der Waals surface area contributed by atoms with Gasteiger partial charge in [-0.3, -0.25) is 14.3 Å². The lowest BCUT2D eigenvalue weighted by Crippen LogP contribution is -2.51. The van der Waals surface area contributed by atoms with Gasteiger partial charge < -0.3 is 14.7 Å². The number of aryl methyl sites for hydroxylation is 1. The Kier molecular flexibility index (Phi) is 5.41.